The molecule has 0 radical (unpaired) electrons. The normalized spacial score (nSPS) is 18.1. The summed E-state index contributed by atoms with van der Waals surface area (Å²) in [6, 6.07) is 8.85. The lowest BCUT2D eigenvalue weighted by Gasteiger charge is -2.27. The van der Waals surface area contributed by atoms with Gasteiger partial charge in [-0.2, -0.15) is 11.8 Å². The van der Waals surface area contributed by atoms with Crippen molar-refractivity contribution in [3.05, 3.63) is 34.9 Å². The van der Waals surface area contributed by atoms with Gasteiger partial charge in [0.2, 0.25) is 0 Å². The summed E-state index contributed by atoms with van der Waals surface area (Å²) < 4.78 is 0. The number of nitrogens with one attached hydrogen (secondary N) is 1. The lowest BCUT2D eigenvalue weighted by molar-refractivity contribution is 0.362. The standard InChI is InChI=1S/C17H26ClNS/c1-2-9-19-16(12-14-7-10-20-11-8-14)13-15-5-3-4-6-17(15)18/h3-6,14,16,19H,2,7-13H2,1H3. The van der Waals surface area contributed by atoms with Gasteiger partial charge in [0.05, 0.1) is 0 Å². The van der Waals surface area contributed by atoms with Gasteiger partial charge in [0.15, 0.2) is 0 Å². The molecule has 20 heavy (non-hydrogen) atoms. The van der Waals surface area contributed by atoms with Gasteiger partial charge in [-0.05, 0) is 67.7 Å². The highest BCUT2D eigenvalue weighted by Gasteiger charge is 2.19. The Morgan fingerprint density at radius 1 is 1.30 bits per heavy atom. The second kappa shape index (κ2) is 8.96. The number of hydrogen-bond acceptors (Lipinski definition) is 2. The number of thioether (sulfide) groups is 1. The molecule has 1 aliphatic heterocycles. The van der Waals surface area contributed by atoms with Crippen LogP contribution in [0.25, 0.3) is 0 Å². The predicted octanol–water partition coefficient (Wildman–Crippen LogP) is 4.78. The van der Waals surface area contributed by atoms with Crippen LogP contribution in [-0.4, -0.2) is 24.1 Å². The minimum Gasteiger partial charge on any atom is -0.314 e. The summed E-state index contributed by atoms with van der Waals surface area (Å²) in [6.45, 7) is 3.34. The fraction of sp³-hybridized carbons (Fsp3) is 0.647. The second-order valence-corrected chi connectivity index (χ2v) is 7.37. The molecule has 2 rings (SSSR count). The Bertz CT molecular complexity index is 390. The van der Waals surface area contributed by atoms with Crippen molar-refractivity contribution in [1.29, 1.82) is 0 Å². The molecule has 0 amide bonds. The van der Waals surface area contributed by atoms with Crippen LogP contribution in [0.2, 0.25) is 5.02 Å². The molecular weight excluding hydrogens is 286 g/mol. The van der Waals surface area contributed by atoms with Gasteiger partial charge in [-0.3, -0.25) is 0 Å². The number of benzene rings is 1. The summed E-state index contributed by atoms with van der Waals surface area (Å²) in [6.07, 6.45) is 6.32. The van der Waals surface area contributed by atoms with E-state index in [1.807, 2.05) is 12.1 Å². The van der Waals surface area contributed by atoms with Crippen LogP contribution in [0.5, 0.6) is 0 Å². The largest absolute Gasteiger partial charge is 0.314 e. The van der Waals surface area contributed by atoms with E-state index in [9.17, 15) is 0 Å². The van der Waals surface area contributed by atoms with Gasteiger partial charge in [-0.1, -0.05) is 36.7 Å². The first-order valence-corrected chi connectivity index (χ1v) is 9.37. The summed E-state index contributed by atoms with van der Waals surface area (Å²) in [4.78, 5) is 0. The highest BCUT2D eigenvalue weighted by molar-refractivity contribution is 7.99. The van der Waals surface area contributed by atoms with Crippen molar-refractivity contribution in [1.82, 2.24) is 5.32 Å². The summed E-state index contributed by atoms with van der Waals surface area (Å²) in [7, 11) is 0. The van der Waals surface area contributed by atoms with Crippen LogP contribution in [0.1, 0.15) is 38.2 Å². The molecule has 0 aromatic heterocycles. The topological polar surface area (TPSA) is 12.0 Å². The average Bonchev–Trinajstić information content (AvgIpc) is 2.48. The Balaban J connectivity index is 1.93. The lowest BCUT2D eigenvalue weighted by Crippen LogP contribution is -2.34. The molecule has 0 aliphatic carbocycles. The predicted molar refractivity (Wildman–Crippen MR) is 91.9 cm³/mol. The fourth-order valence-electron chi connectivity index (χ4n) is 2.90. The van der Waals surface area contributed by atoms with Crippen LogP contribution in [0.3, 0.4) is 0 Å². The van der Waals surface area contributed by atoms with Crippen molar-refractivity contribution in [3.8, 4) is 0 Å². The molecule has 1 aromatic carbocycles. The highest BCUT2D eigenvalue weighted by atomic mass is 35.5. The Morgan fingerprint density at radius 2 is 2.05 bits per heavy atom. The maximum absolute atomic E-state index is 6.31. The molecule has 0 saturated carbocycles. The van der Waals surface area contributed by atoms with E-state index in [4.69, 9.17) is 11.6 Å². The van der Waals surface area contributed by atoms with E-state index >= 15 is 0 Å². The van der Waals surface area contributed by atoms with Gasteiger partial charge in [-0.25, -0.2) is 0 Å². The monoisotopic (exact) mass is 311 g/mol. The minimum atomic E-state index is 0.572. The van der Waals surface area contributed by atoms with Gasteiger partial charge in [0.1, 0.15) is 0 Å². The van der Waals surface area contributed by atoms with Crippen molar-refractivity contribution >= 4 is 23.4 Å². The minimum absolute atomic E-state index is 0.572. The molecule has 1 nitrogen and oxygen atoms in total. The van der Waals surface area contributed by atoms with Crippen LogP contribution in [0.15, 0.2) is 24.3 Å². The molecule has 1 atom stereocenters. The fourth-order valence-corrected chi connectivity index (χ4v) is 4.32. The van der Waals surface area contributed by atoms with E-state index in [0.29, 0.717) is 6.04 Å². The molecule has 1 aromatic rings. The van der Waals surface area contributed by atoms with Crippen molar-refractivity contribution in [2.75, 3.05) is 18.1 Å². The van der Waals surface area contributed by atoms with E-state index in [2.05, 4.69) is 36.1 Å². The third-order valence-electron chi connectivity index (χ3n) is 4.07. The van der Waals surface area contributed by atoms with E-state index < -0.39 is 0 Å². The first-order valence-electron chi connectivity index (χ1n) is 7.84. The zero-order valence-electron chi connectivity index (χ0n) is 12.4. The van der Waals surface area contributed by atoms with Crippen molar-refractivity contribution in [2.24, 2.45) is 5.92 Å². The Kier molecular flexibility index (Phi) is 7.26. The quantitative estimate of drug-likeness (QED) is 0.777. The first-order chi connectivity index (χ1) is 9.79. The summed E-state index contributed by atoms with van der Waals surface area (Å²) in [5.74, 6) is 3.59. The van der Waals surface area contributed by atoms with Gasteiger partial charge < -0.3 is 5.32 Å². The third-order valence-corrected chi connectivity index (χ3v) is 5.48. The molecule has 1 saturated heterocycles. The highest BCUT2D eigenvalue weighted by Crippen LogP contribution is 2.28. The van der Waals surface area contributed by atoms with Gasteiger partial charge in [-0.15, -0.1) is 0 Å². The Hall–Kier alpha value is -0.180. The van der Waals surface area contributed by atoms with Crippen molar-refractivity contribution in [2.45, 2.75) is 45.1 Å². The zero-order chi connectivity index (χ0) is 14.2. The molecular formula is C17H26ClNS. The number of hydrogen-bond donors (Lipinski definition) is 1. The number of halogens is 1. The van der Waals surface area contributed by atoms with E-state index in [1.54, 1.807) is 0 Å². The average molecular weight is 312 g/mol. The van der Waals surface area contributed by atoms with Gasteiger partial charge in [0.25, 0.3) is 0 Å². The van der Waals surface area contributed by atoms with Crippen molar-refractivity contribution in [3.63, 3.8) is 0 Å². The van der Waals surface area contributed by atoms with E-state index in [1.165, 1.54) is 42.8 Å². The van der Waals surface area contributed by atoms with Crippen LogP contribution >= 0.6 is 23.4 Å². The van der Waals surface area contributed by atoms with Crippen LogP contribution in [0.4, 0.5) is 0 Å². The van der Waals surface area contributed by atoms with Gasteiger partial charge >= 0.3 is 0 Å². The van der Waals surface area contributed by atoms with Crippen LogP contribution in [-0.2, 0) is 6.42 Å². The molecule has 1 heterocycles. The summed E-state index contributed by atoms with van der Waals surface area (Å²) in [5.41, 5.74) is 1.29. The lowest BCUT2D eigenvalue weighted by atomic mass is 9.91. The van der Waals surface area contributed by atoms with Crippen molar-refractivity contribution < 1.29 is 0 Å². The van der Waals surface area contributed by atoms with E-state index in [-0.39, 0.29) is 0 Å². The maximum atomic E-state index is 6.31. The Labute approximate surface area is 132 Å². The molecule has 1 fully saturated rings. The van der Waals surface area contributed by atoms with Crippen LogP contribution in [0, 0.1) is 5.92 Å². The molecule has 0 bridgehead atoms. The molecule has 1 N–H and O–H groups in total. The molecule has 1 aliphatic rings. The molecule has 0 spiro atoms. The summed E-state index contributed by atoms with van der Waals surface area (Å²) in [5, 5.41) is 4.64. The molecule has 112 valence electrons. The summed E-state index contributed by atoms with van der Waals surface area (Å²) >= 11 is 8.42. The smallest absolute Gasteiger partial charge is 0.0438 e. The SMILES string of the molecule is CCCNC(Cc1ccccc1Cl)CC1CCSCC1. The zero-order valence-corrected chi connectivity index (χ0v) is 14.0. The molecule has 1 unspecified atom stereocenters. The number of rotatable bonds is 7. The van der Waals surface area contributed by atoms with E-state index in [0.717, 1.165) is 23.9 Å². The first kappa shape index (κ1) is 16.2. The van der Waals surface area contributed by atoms with Gasteiger partial charge in [0, 0.05) is 11.1 Å². The molecule has 3 heteroatoms. The maximum Gasteiger partial charge on any atom is 0.0438 e. The van der Waals surface area contributed by atoms with Crippen LogP contribution < -0.4 is 5.32 Å². The Morgan fingerprint density at radius 3 is 2.75 bits per heavy atom. The second-order valence-electron chi connectivity index (χ2n) is 5.74. The third kappa shape index (κ3) is 5.31.